The first kappa shape index (κ1) is 22.3. The Kier molecular flexibility index (Phi) is 4.85. The zero-order valence-corrected chi connectivity index (χ0v) is 21.4. The molecule has 186 valence electrons. The summed E-state index contributed by atoms with van der Waals surface area (Å²) in [6, 6.07) is 43.7. The fourth-order valence-electron chi connectivity index (χ4n) is 5.97. The van der Waals surface area contributed by atoms with Crippen LogP contribution >= 0.6 is 0 Å². The Hall–Kier alpha value is -5.66. The lowest BCUT2D eigenvalue weighted by molar-refractivity contribution is 0.673. The van der Waals surface area contributed by atoms with Crippen LogP contribution in [-0.2, 0) is 0 Å². The van der Waals surface area contributed by atoms with Crippen molar-refractivity contribution >= 4 is 43.7 Å². The molecular formula is C36H21N3O. The minimum atomic E-state index is 0.560. The van der Waals surface area contributed by atoms with Crippen LogP contribution in [0.4, 0.5) is 0 Å². The summed E-state index contributed by atoms with van der Waals surface area (Å²) in [5.41, 5.74) is 9.39. The van der Waals surface area contributed by atoms with Crippen molar-refractivity contribution in [2.75, 3.05) is 0 Å². The fraction of sp³-hybridized carbons (Fsp3) is 0. The summed E-state index contributed by atoms with van der Waals surface area (Å²) in [6.45, 7) is 0. The van der Waals surface area contributed by atoms with Crippen LogP contribution in [0.15, 0.2) is 132 Å². The van der Waals surface area contributed by atoms with Crippen molar-refractivity contribution < 1.29 is 4.42 Å². The van der Waals surface area contributed by atoms with E-state index in [9.17, 15) is 5.26 Å². The maximum Gasteiger partial charge on any atom is 0.145 e. The van der Waals surface area contributed by atoms with Crippen LogP contribution in [0.2, 0.25) is 0 Å². The van der Waals surface area contributed by atoms with Gasteiger partial charge in [0.05, 0.1) is 33.4 Å². The molecule has 0 amide bonds. The Labute approximate surface area is 230 Å². The second kappa shape index (κ2) is 8.69. The molecule has 40 heavy (non-hydrogen) atoms. The van der Waals surface area contributed by atoms with Crippen molar-refractivity contribution in [3.63, 3.8) is 0 Å². The monoisotopic (exact) mass is 511 g/mol. The van der Waals surface area contributed by atoms with E-state index in [0.717, 1.165) is 66.1 Å². The van der Waals surface area contributed by atoms with Gasteiger partial charge in [-0.15, -0.1) is 0 Å². The summed E-state index contributed by atoms with van der Waals surface area (Å²) in [5, 5.41) is 14.2. The molecule has 8 rings (SSSR count). The standard InChI is InChI=1S/C36H21N3O/c37-22-25-11-8-20-38-35(25)24-10-7-9-23(21-24)26-12-1-4-15-30(26)39-31-16-5-2-14-29(31)34-32(39)19-18-28-27-13-3-6-17-33(27)40-36(28)34/h1-21H. The highest BCUT2D eigenvalue weighted by molar-refractivity contribution is 6.24. The van der Waals surface area contributed by atoms with Crippen LogP contribution in [-0.4, -0.2) is 9.55 Å². The highest BCUT2D eigenvalue weighted by atomic mass is 16.3. The molecule has 0 saturated heterocycles. The maximum atomic E-state index is 9.66. The van der Waals surface area contributed by atoms with Gasteiger partial charge >= 0.3 is 0 Å². The summed E-state index contributed by atoms with van der Waals surface area (Å²) in [6.07, 6.45) is 1.73. The molecule has 4 heteroatoms. The predicted molar refractivity (Wildman–Crippen MR) is 161 cm³/mol. The fourth-order valence-corrected chi connectivity index (χ4v) is 5.97. The number of benzene rings is 5. The number of pyridine rings is 1. The van der Waals surface area contributed by atoms with Crippen molar-refractivity contribution in [3.05, 3.63) is 133 Å². The molecule has 0 aliphatic heterocycles. The third-order valence-electron chi connectivity index (χ3n) is 7.70. The lowest BCUT2D eigenvalue weighted by atomic mass is 9.98. The highest BCUT2D eigenvalue weighted by Crippen LogP contribution is 2.42. The molecule has 0 radical (unpaired) electrons. The molecule has 0 atom stereocenters. The molecule has 0 saturated carbocycles. The molecular weight excluding hydrogens is 490 g/mol. The molecule has 5 aromatic carbocycles. The van der Waals surface area contributed by atoms with Gasteiger partial charge in [-0.05, 0) is 54.1 Å². The predicted octanol–water partition coefficient (Wildman–Crippen LogP) is 9.28. The van der Waals surface area contributed by atoms with E-state index in [2.05, 4.69) is 101 Å². The highest BCUT2D eigenvalue weighted by Gasteiger charge is 2.20. The molecule has 0 bridgehead atoms. The van der Waals surface area contributed by atoms with Crippen molar-refractivity contribution in [2.45, 2.75) is 0 Å². The number of furan rings is 1. The Balaban J connectivity index is 1.41. The van der Waals surface area contributed by atoms with Gasteiger partial charge in [-0.1, -0.05) is 72.8 Å². The number of nitriles is 1. The van der Waals surface area contributed by atoms with Gasteiger partial charge in [0.1, 0.15) is 17.2 Å². The van der Waals surface area contributed by atoms with Gasteiger partial charge in [0.15, 0.2) is 0 Å². The Morgan fingerprint density at radius 2 is 1.45 bits per heavy atom. The molecule has 4 nitrogen and oxygen atoms in total. The number of hydrogen-bond donors (Lipinski definition) is 0. The van der Waals surface area contributed by atoms with Gasteiger partial charge in [0.2, 0.25) is 0 Å². The number of fused-ring (bicyclic) bond motifs is 7. The maximum absolute atomic E-state index is 9.66. The average molecular weight is 512 g/mol. The molecule has 3 heterocycles. The largest absolute Gasteiger partial charge is 0.455 e. The summed E-state index contributed by atoms with van der Waals surface area (Å²) >= 11 is 0. The molecule has 3 aromatic heterocycles. The molecule has 0 aliphatic rings. The smallest absolute Gasteiger partial charge is 0.145 e. The van der Waals surface area contributed by atoms with E-state index in [1.54, 1.807) is 18.3 Å². The lowest BCUT2D eigenvalue weighted by Crippen LogP contribution is -1.97. The Morgan fingerprint density at radius 3 is 2.38 bits per heavy atom. The number of hydrogen-bond acceptors (Lipinski definition) is 3. The van der Waals surface area contributed by atoms with E-state index in [1.807, 2.05) is 24.3 Å². The van der Waals surface area contributed by atoms with Gasteiger partial charge in [-0.2, -0.15) is 5.26 Å². The van der Waals surface area contributed by atoms with Crippen molar-refractivity contribution in [1.29, 1.82) is 5.26 Å². The van der Waals surface area contributed by atoms with E-state index < -0.39 is 0 Å². The molecule has 0 fully saturated rings. The third-order valence-corrected chi connectivity index (χ3v) is 7.70. The summed E-state index contributed by atoms with van der Waals surface area (Å²) in [4.78, 5) is 4.52. The quantitative estimate of drug-likeness (QED) is 0.237. The normalized spacial score (nSPS) is 11.5. The Bertz CT molecular complexity index is 2300. The zero-order chi connectivity index (χ0) is 26.6. The van der Waals surface area contributed by atoms with Crippen LogP contribution in [0, 0.1) is 11.3 Å². The van der Waals surface area contributed by atoms with Gasteiger partial charge < -0.3 is 8.98 Å². The first-order valence-corrected chi connectivity index (χ1v) is 13.2. The van der Waals surface area contributed by atoms with E-state index >= 15 is 0 Å². The second-order valence-electron chi connectivity index (χ2n) is 9.90. The van der Waals surface area contributed by atoms with Crippen LogP contribution < -0.4 is 0 Å². The second-order valence-corrected chi connectivity index (χ2v) is 9.90. The first-order valence-electron chi connectivity index (χ1n) is 13.2. The van der Waals surface area contributed by atoms with Crippen molar-refractivity contribution in [2.24, 2.45) is 0 Å². The number of rotatable bonds is 3. The van der Waals surface area contributed by atoms with Crippen LogP contribution in [0.25, 0.3) is 71.8 Å². The van der Waals surface area contributed by atoms with Crippen molar-refractivity contribution in [1.82, 2.24) is 9.55 Å². The van der Waals surface area contributed by atoms with Crippen LogP contribution in [0.1, 0.15) is 5.56 Å². The summed E-state index contributed by atoms with van der Waals surface area (Å²) < 4.78 is 8.81. The van der Waals surface area contributed by atoms with Gasteiger partial charge in [0.25, 0.3) is 0 Å². The zero-order valence-electron chi connectivity index (χ0n) is 21.4. The van der Waals surface area contributed by atoms with Gasteiger partial charge in [-0.3, -0.25) is 4.98 Å². The molecule has 8 aromatic rings. The number of nitrogens with zero attached hydrogens (tertiary/aromatic N) is 3. The van der Waals surface area contributed by atoms with E-state index in [4.69, 9.17) is 4.42 Å². The first-order chi connectivity index (χ1) is 19.8. The van der Waals surface area contributed by atoms with Gasteiger partial charge in [-0.25, -0.2) is 0 Å². The molecule has 0 aliphatic carbocycles. The average Bonchev–Trinajstić information content (AvgIpc) is 3.57. The topological polar surface area (TPSA) is 54.8 Å². The van der Waals surface area contributed by atoms with Gasteiger partial charge in [0, 0.05) is 33.5 Å². The lowest BCUT2D eigenvalue weighted by Gasteiger charge is -2.15. The Morgan fingerprint density at radius 1 is 0.650 bits per heavy atom. The summed E-state index contributed by atoms with van der Waals surface area (Å²) in [7, 11) is 0. The SMILES string of the molecule is N#Cc1cccnc1-c1cccc(-c2ccccc2-n2c3ccccc3c3c4oc5ccccc5c4ccc32)c1. The van der Waals surface area contributed by atoms with E-state index in [-0.39, 0.29) is 0 Å². The third kappa shape index (κ3) is 3.22. The van der Waals surface area contributed by atoms with Crippen LogP contribution in [0.3, 0.4) is 0 Å². The minimum Gasteiger partial charge on any atom is -0.455 e. The number of aromatic nitrogens is 2. The van der Waals surface area contributed by atoms with Crippen LogP contribution in [0.5, 0.6) is 0 Å². The van der Waals surface area contributed by atoms with E-state index in [0.29, 0.717) is 11.3 Å². The summed E-state index contributed by atoms with van der Waals surface area (Å²) in [5.74, 6) is 0. The minimum absolute atomic E-state index is 0.560. The molecule has 0 unspecified atom stereocenters. The molecule has 0 spiro atoms. The molecule has 0 N–H and O–H groups in total. The van der Waals surface area contributed by atoms with Crippen molar-refractivity contribution in [3.8, 4) is 34.1 Å². The number of para-hydroxylation sites is 3. The van der Waals surface area contributed by atoms with E-state index in [1.165, 1.54) is 0 Å².